The molecule has 0 fully saturated rings. The van der Waals surface area contributed by atoms with Gasteiger partial charge >= 0.3 is 0 Å². The minimum absolute atomic E-state index is 0.419. The Morgan fingerprint density at radius 1 is 1.38 bits per heavy atom. The summed E-state index contributed by atoms with van der Waals surface area (Å²) in [4.78, 5) is 1.39. The Balaban J connectivity index is 2.26. The van der Waals surface area contributed by atoms with E-state index in [2.05, 4.69) is 40.4 Å². The molecule has 0 saturated carbocycles. The van der Waals surface area contributed by atoms with Gasteiger partial charge in [-0.25, -0.2) is 0 Å². The molecule has 0 saturated heterocycles. The van der Waals surface area contributed by atoms with Crippen molar-refractivity contribution < 1.29 is 0 Å². The molecule has 0 aliphatic rings. The summed E-state index contributed by atoms with van der Waals surface area (Å²) < 4.78 is 1.20. The fraction of sp³-hybridized carbons (Fsp3) is 0.667. The molecule has 0 aliphatic carbocycles. The Morgan fingerprint density at radius 3 is 2.75 bits per heavy atom. The molecule has 1 aromatic heterocycles. The standard InChI is InChI=1S/C12H21BrN2S/c1-2-3-4-5-6-10(15-14)9-11-7-8-12(13)16-11/h7-8,10,15H,2-6,9,14H2,1H3. The highest BCUT2D eigenvalue weighted by Gasteiger charge is 2.08. The Morgan fingerprint density at radius 2 is 2.19 bits per heavy atom. The molecule has 1 unspecified atom stereocenters. The van der Waals surface area contributed by atoms with Gasteiger partial charge in [0.2, 0.25) is 0 Å². The zero-order chi connectivity index (χ0) is 11.8. The monoisotopic (exact) mass is 304 g/mol. The van der Waals surface area contributed by atoms with Crippen molar-refractivity contribution in [3.63, 3.8) is 0 Å². The van der Waals surface area contributed by atoms with Crippen LogP contribution in [-0.4, -0.2) is 6.04 Å². The van der Waals surface area contributed by atoms with Gasteiger partial charge in [0.25, 0.3) is 0 Å². The SMILES string of the molecule is CCCCCCC(Cc1ccc(Br)s1)NN. The quantitative estimate of drug-likeness (QED) is 0.435. The van der Waals surface area contributed by atoms with E-state index in [1.165, 1.54) is 40.8 Å². The fourth-order valence-corrected chi connectivity index (χ4v) is 3.33. The first-order chi connectivity index (χ1) is 7.76. The fourth-order valence-electron chi connectivity index (χ4n) is 1.77. The molecule has 3 N–H and O–H groups in total. The van der Waals surface area contributed by atoms with Crippen LogP contribution >= 0.6 is 27.3 Å². The topological polar surface area (TPSA) is 38.0 Å². The predicted octanol–water partition coefficient (Wildman–Crippen LogP) is 3.86. The number of rotatable bonds is 8. The largest absolute Gasteiger partial charge is 0.271 e. The van der Waals surface area contributed by atoms with Gasteiger partial charge in [0.05, 0.1) is 3.79 Å². The molecule has 92 valence electrons. The van der Waals surface area contributed by atoms with Crippen molar-refractivity contribution in [2.75, 3.05) is 0 Å². The second-order valence-corrected chi connectivity index (χ2v) is 6.67. The molecule has 0 amide bonds. The molecule has 2 nitrogen and oxygen atoms in total. The van der Waals surface area contributed by atoms with E-state index in [9.17, 15) is 0 Å². The Hall–Kier alpha value is 0.1000. The number of halogens is 1. The number of thiophene rings is 1. The summed E-state index contributed by atoms with van der Waals surface area (Å²) in [5.41, 5.74) is 2.93. The van der Waals surface area contributed by atoms with Crippen LogP contribution in [0.4, 0.5) is 0 Å². The van der Waals surface area contributed by atoms with Gasteiger partial charge in [-0.1, -0.05) is 32.6 Å². The van der Waals surface area contributed by atoms with Gasteiger partial charge in [0.1, 0.15) is 0 Å². The van der Waals surface area contributed by atoms with Crippen molar-refractivity contribution in [3.8, 4) is 0 Å². The maximum absolute atomic E-state index is 5.59. The van der Waals surface area contributed by atoms with Crippen molar-refractivity contribution in [3.05, 3.63) is 20.8 Å². The van der Waals surface area contributed by atoms with Crippen LogP contribution in [0.3, 0.4) is 0 Å². The summed E-state index contributed by atoms with van der Waals surface area (Å²) in [5.74, 6) is 5.59. The average Bonchev–Trinajstić information content (AvgIpc) is 2.68. The second-order valence-electron chi connectivity index (χ2n) is 4.12. The van der Waals surface area contributed by atoms with Crippen LogP contribution in [0.25, 0.3) is 0 Å². The van der Waals surface area contributed by atoms with Gasteiger partial charge in [-0.2, -0.15) is 0 Å². The van der Waals surface area contributed by atoms with Gasteiger partial charge in [-0.3, -0.25) is 11.3 Å². The molecular formula is C12H21BrN2S. The average molecular weight is 305 g/mol. The molecule has 0 aliphatic heterocycles. The van der Waals surface area contributed by atoms with E-state index in [-0.39, 0.29) is 0 Å². The Kier molecular flexibility index (Phi) is 7.28. The normalized spacial score (nSPS) is 12.9. The maximum atomic E-state index is 5.59. The first kappa shape index (κ1) is 14.2. The van der Waals surface area contributed by atoms with Crippen LogP contribution < -0.4 is 11.3 Å². The van der Waals surface area contributed by atoms with Crippen LogP contribution in [0.1, 0.15) is 43.9 Å². The van der Waals surface area contributed by atoms with Crippen molar-refractivity contribution in [1.82, 2.24) is 5.43 Å². The zero-order valence-electron chi connectivity index (χ0n) is 9.84. The van der Waals surface area contributed by atoms with E-state index < -0.39 is 0 Å². The van der Waals surface area contributed by atoms with Gasteiger partial charge in [0, 0.05) is 10.9 Å². The molecule has 0 radical (unpaired) electrons. The number of hydrogen-bond acceptors (Lipinski definition) is 3. The number of nitrogens with one attached hydrogen (secondary N) is 1. The lowest BCUT2D eigenvalue weighted by atomic mass is 10.0. The number of hydrazine groups is 1. The van der Waals surface area contributed by atoms with E-state index in [0.29, 0.717) is 6.04 Å². The smallest absolute Gasteiger partial charge is 0.0701 e. The summed E-state index contributed by atoms with van der Waals surface area (Å²) in [5, 5.41) is 0. The van der Waals surface area contributed by atoms with E-state index in [4.69, 9.17) is 5.84 Å². The van der Waals surface area contributed by atoms with Crippen molar-refractivity contribution in [1.29, 1.82) is 0 Å². The molecule has 1 atom stereocenters. The van der Waals surface area contributed by atoms with Crippen LogP contribution in [-0.2, 0) is 6.42 Å². The van der Waals surface area contributed by atoms with Crippen LogP contribution in [0.2, 0.25) is 0 Å². The minimum Gasteiger partial charge on any atom is -0.271 e. The molecule has 4 heteroatoms. The van der Waals surface area contributed by atoms with Crippen LogP contribution in [0.15, 0.2) is 15.9 Å². The number of nitrogens with two attached hydrogens (primary N) is 1. The van der Waals surface area contributed by atoms with E-state index in [1.54, 1.807) is 11.3 Å². The summed E-state index contributed by atoms with van der Waals surface area (Å²) in [7, 11) is 0. The minimum atomic E-state index is 0.419. The zero-order valence-corrected chi connectivity index (χ0v) is 12.2. The number of unbranched alkanes of at least 4 members (excludes halogenated alkanes) is 3. The van der Waals surface area contributed by atoms with Gasteiger partial charge in [-0.15, -0.1) is 11.3 Å². The van der Waals surface area contributed by atoms with Crippen LogP contribution in [0.5, 0.6) is 0 Å². The predicted molar refractivity (Wildman–Crippen MR) is 75.6 cm³/mol. The molecule has 0 spiro atoms. The lowest BCUT2D eigenvalue weighted by Gasteiger charge is -2.14. The molecule has 0 bridgehead atoms. The molecule has 1 rings (SSSR count). The first-order valence-corrected chi connectivity index (χ1v) is 7.57. The maximum Gasteiger partial charge on any atom is 0.0701 e. The van der Waals surface area contributed by atoms with Gasteiger partial charge in [0.15, 0.2) is 0 Å². The first-order valence-electron chi connectivity index (χ1n) is 5.96. The summed E-state index contributed by atoms with van der Waals surface area (Å²) in [6.07, 6.45) is 7.43. The Bertz CT molecular complexity index is 288. The highest BCUT2D eigenvalue weighted by molar-refractivity contribution is 9.11. The third kappa shape index (κ3) is 5.43. The van der Waals surface area contributed by atoms with Crippen molar-refractivity contribution in [2.45, 2.75) is 51.5 Å². The lowest BCUT2D eigenvalue weighted by Crippen LogP contribution is -2.36. The van der Waals surface area contributed by atoms with E-state index in [1.807, 2.05) is 0 Å². The summed E-state index contributed by atoms with van der Waals surface area (Å²) in [6.45, 7) is 2.24. The van der Waals surface area contributed by atoms with Crippen molar-refractivity contribution in [2.24, 2.45) is 5.84 Å². The molecule has 1 heterocycles. The second kappa shape index (κ2) is 8.23. The van der Waals surface area contributed by atoms with Crippen molar-refractivity contribution >= 4 is 27.3 Å². The lowest BCUT2D eigenvalue weighted by molar-refractivity contribution is 0.465. The summed E-state index contributed by atoms with van der Waals surface area (Å²) >= 11 is 5.28. The summed E-state index contributed by atoms with van der Waals surface area (Å²) in [6, 6.07) is 4.69. The Labute approximate surface area is 111 Å². The molecule has 1 aromatic rings. The molecule has 16 heavy (non-hydrogen) atoms. The number of hydrogen-bond donors (Lipinski definition) is 2. The van der Waals surface area contributed by atoms with Crippen LogP contribution in [0, 0.1) is 0 Å². The third-order valence-corrected chi connectivity index (χ3v) is 4.36. The third-order valence-electron chi connectivity index (χ3n) is 2.72. The molecular weight excluding hydrogens is 284 g/mol. The highest BCUT2D eigenvalue weighted by Crippen LogP contribution is 2.23. The van der Waals surface area contributed by atoms with Gasteiger partial charge in [-0.05, 0) is 40.9 Å². The van der Waals surface area contributed by atoms with E-state index >= 15 is 0 Å². The van der Waals surface area contributed by atoms with E-state index in [0.717, 1.165) is 6.42 Å². The molecule has 0 aromatic carbocycles. The van der Waals surface area contributed by atoms with Gasteiger partial charge < -0.3 is 0 Å². The highest BCUT2D eigenvalue weighted by atomic mass is 79.9.